The first-order valence-electron chi connectivity index (χ1n) is 6.88. The van der Waals surface area contributed by atoms with Crippen molar-refractivity contribution in [3.8, 4) is 11.4 Å². The quantitative estimate of drug-likeness (QED) is 0.716. The molecule has 0 bridgehead atoms. The van der Waals surface area contributed by atoms with Crippen molar-refractivity contribution in [3.63, 3.8) is 0 Å². The average Bonchev–Trinajstić information content (AvgIpc) is 3.03. The fraction of sp³-hybridized carbons (Fsp3) is 0.133. The molecule has 0 saturated heterocycles. The number of aromatic amines is 1. The molecule has 23 heavy (non-hydrogen) atoms. The van der Waals surface area contributed by atoms with Crippen molar-refractivity contribution >= 4 is 5.91 Å². The standard InChI is InChI=1S/C15H13N5O3/c21-12(6-10-2-1-4-16-8-10)18-9-14-19-15(20-23-14)11-3-5-17-13(22)7-11/h1-5,7-8H,6,9H2,(H,17,22)(H,18,21). The average molecular weight is 311 g/mol. The Morgan fingerprint density at radius 2 is 2.26 bits per heavy atom. The van der Waals surface area contributed by atoms with Gasteiger partial charge in [0, 0.05) is 30.2 Å². The molecule has 3 aromatic rings. The molecule has 3 heterocycles. The summed E-state index contributed by atoms with van der Waals surface area (Å²) in [6.45, 7) is 0.120. The van der Waals surface area contributed by atoms with Crippen LogP contribution in [0, 0.1) is 0 Å². The number of carbonyl (C=O) groups excluding carboxylic acids is 1. The van der Waals surface area contributed by atoms with Gasteiger partial charge in [-0.15, -0.1) is 0 Å². The summed E-state index contributed by atoms with van der Waals surface area (Å²) in [6.07, 6.45) is 5.01. The maximum atomic E-state index is 11.8. The predicted octanol–water partition coefficient (Wildman–Crippen LogP) is 0.679. The zero-order valence-electron chi connectivity index (χ0n) is 12.0. The number of pyridine rings is 2. The fourth-order valence-corrected chi connectivity index (χ4v) is 1.95. The lowest BCUT2D eigenvalue weighted by Gasteiger charge is -2.01. The van der Waals surface area contributed by atoms with E-state index in [0.717, 1.165) is 5.56 Å². The molecule has 0 fully saturated rings. The van der Waals surface area contributed by atoms with Gasteiger partial charge in [-0.2, -0.15) is 4.98 Å². The first-order valence-corrected chi connectivity index (χ1v) is 6.88. The monoisotopic (exact) mass is 311 g/mol. The Morgan fingerprint density at radius 3 is 3.04 bits per heavy atom. The van der Waals surface area contributed by atoms with E-state index in [0.29, 0.717) is 11.4 Å². The molecule has 0 spiro atoms. The molecule has 0 aromatic carbocycles. The highest BCUT2D eigenvalue weighted by Gasteiger charge is 2.10. The Labute approximate surface area is 130 Å². The van der Waals surface area contributed by atoms with Crippen molar-refractivity contribution in [1.82, 2.24) is 25.4 Å². The molecule has 0 aliphatic heterocycles. The van der Waals surface area contributed by atoms with Gasteiger partial charge in [0.05, 0.1) is 13.0 Å². The zero-order chi connectivity index (χ0) is 16.1. The smallest absolute Gasteiger partial charge is 0.248 e. The van der Waals surface area contributed by atoms with Crippen LogP contribution in [0.25, 0.3) is 11.4 Å². The van der Waals surface area contributed by atoms with Gasteiger partial charge in [-0.3, -0.25) is 14.6 Å². The van der Waals surface area contributed by atoms with E-state index in [1.165, 1.54) is 12.3 Å². The zero-order valence-corrected chi connectivity index (χ0v) is 12.0. The van der Waals surface area contributed by atoms with Crippen molar-refractivity contribution in [2.24, 2.45) is 0 Å². The molecule has 0 aliphatic carbocycles. The summed E-state index contributed by atoms with van der Waals surface area (Å²) in [4.78, 5) is 33.7. The minimum absolute atomic E-state index is 0.120. The maximum absolute atomic E-state index is 11.8. The lowest BCUT2D eigenvalue weighted by atomic mass is 10.2. The predicted molar refractivity (Wildman–Crippen MR) is 80.1 cm³/mol. The molecule has 2 N–H and O–H groups in total. The highest BCUT2D eigenvalue weighted by Crippen LogP contribution is 2.12. The number of hydrogen-bond acceptors (Lipinski definition) is 6. The number of carbonyl (C=O) groups is 1. The Kier molecular flexibility index (Phi) is 4.23. The highest BCUT2D eigenvalue weighted by atomic mass is 16.5. The molecule has 3 aromatic heterocycles. The molecule has 8 nitrogen and oxygen atoms in total. The van der Waals surface area contributed by atoms with Crippen LogP contribution in [0.5, 0.6) is 0 Å². The number of nitrogens with zero attached hydrogens (tertiary/aromatic N) is 3. The Morgan fingerprint density at radius 1 is 1.35 bits per heavy atom. The molecule has 8 heteroatoms. The van der Waals surface area contributed by atoms with Gasteiger partial charge in [-0.1, -0.05) is 11.2 Å². The van der Waals surface area contributed by atoms with Crippen LogP contribution in [-0.4, -0.2) is 26.0 Å². The molecule has 1 amide bonds. The van der Waals surface area contributed by atoms with Gasteiger partial charge in [0.25, 0.3) is 0 Å². The van der Waals surface area contributed by atoms with Crippen LogP contribution in [0.15, 0.2) is 52.2 Å². The van der Waals surface area contributed by atoms with Crippen molar-refractivity contribution in [2.75, 3.05) is 0 Å². The third-order valence-corrected chi connectivity index (χ3v) is 3.03. The second-order valence-corrected chi connectivity index (χ2v) is 4.77. The molecule has 0 aliphatic rings. The molecular weight excluding hydrogens is 298 g/mol. The van der Waals surface area contributed by atoms with E-state index >= 15 is 0 Å². The first kappa shape index (κ1) is 14.6. The summed E-state index contributed by atoms with van der Waals surface area (Å²) >= 11 is 0. The minimum atomic E-state index is -0.251. The van der Waals surface area contributed by atoms with E-state index in [-0.39, 0.29) is 30.3 Å². The van der Waals surface area contributed by atoms with Crippen molar-refractivity contribution in [1.29, 1.82) is 0 Å². The topological polar surface area (TPSA) is 114 Å². The van der Waals surface area contributed by atoms with Gasteiger partial charge in [-0.05, 0) is 17.7 Å². The summed E-state index contributed by atoms with van der Waals surface area (Å²) in [5.41, 5.74) is 1.11. The van der Waals surface area contributed by atoms with Crippen molar-refractivity contribution in [2.45, 2.75) is 13.0 Å². The third-order valence-electron chi connectivity index (χ3n) is 3.03. The van der Waals surface area contributed by atoms with Crippen LogP contribution in [-0.2, 0) is 17.8 Å². The van der Waals surface area contributed by atoms with E-state index in [1.807, 2.05) is 6.07 Å². The Hall–Kier alpha value is -3.29. The highest BCUT2D eigenvalue weighted by molar-refractivity contribution is 5.78. The number of aromatic nitrogens is 4. The van der Waals surface area contributed by atoms with Gasteiger partial charge >= 0.3 is 0 Å². The summed E-state index contributed by atoms with van der Waals surface area (Å²) in [5, 5.41) is 6.48. The second-order valence-electron chi connectivity index (χ2n) is 4.77. The van der Waals surface area contributed by atoms with Crippen LogP contribution < -0.4 is 10.9 Å². The number of hydrogen-bond donors (Lipinski definition) is 2. The molecule has 0 unspecified atom stereocenters. The summed E-state index contributed by atoms with van der Waals surface area (Å²) in [5.74, 6) is 0.390. The number of H-pyrrole nitrogens is 1. The van der Waals surface area contributed by atoms with E-state index in [2.05, 4.69) is 25.4 Å². The van der Waals surface area contributed by atoms with Crippen molar-refractivity contribution < 1.29 is 9.32 Å². The van der Waals surface area contributed by atoms with E-state index < -0.39 is 0 Å². The molecule has 0 atom stereocenters. The summed E-state index contributed by atoms with van der Waals surface area (Å²) < 4.78 is 5.06. The Bertz CT molecular complexity index is 857. The van der Waals surface area contributed by atoms with Gasteiger partial charge in [-0.25, -0.2) is 0 Å². The lowest BCUT2D eigenvalue weighted by molar-refractivity contribution is -0.120. The van der Waals surface area contributed by atoms with Crippen LogP contribution in [0.2, 0.25) is 0 Å². The SMILES string of the molecule is O=C(Cc1cccnc1)NCc1nc(-c2cc[nH]c(=O)c2)no1. The van der Waals surface area contributed by atoms with Gasteiger partial charge in [0.2, 0.25) is 23.2 Å². The van der Waals surface area contributed by atoms with Gasteiger partial charge < -0.3 is 14.8 Å². The minimum Gasteiger partial charge on any atom is -0.347 e. The Balaban J connectivity index is 1.59. The van der Waals surface area contributed by atoms with E-state index in [9.17, 15) is 9.59 Å². The summed E-state index contributed by atoms with van der Waals surface area (Å²) in [6, 6.07) is 6.63. The number of amides is 1. The van der Waals surface area contributed by atoms with Crippen LogP contribution >= 0.6 is 0 Å². The lowest BCUT2D eigenvalue weighted by Crippen LogP contribution is -2.24. The molecule has 0 saturated carbocycles. The van der Waals surface area contributed by atoms with Crippen LogP contribution in [0.3, 0.4) is 0 Å². The largest absolute Gasteiger partial charge is 0.347 e. The molecule has 116 valence electrons. The maximum Gasteiger partial charge on any atom is 0.248 e. The van der Waals surface area contributed by atoms with Crippen LogP contribution in [0.1, 0.15) is 11.5 Å². The molecule has 0 radical (unpaired) electrons. The van der Waals surface area contributed by atoms with E-state index in [1.54, 1.807) is 24.5 Å². The van der Waals surface area contributed by atoms with Gasteiger partial charge in [0.15, 0.2) is 0 Å². The van der Waals surface area contributed by atoms with Gasteiger partial charge in [0.1, 0.15) is 0 Å². The summed E-state index contributed by atoms with van der Waals surface area (Å²) in [7, 11) is 0. The van der Waals surface area contributed by atoms with Crippen LogP contribution in [0.4, 0.5) is 0 Å². The number of nitrogens with one attached hydrogen (secondary N) is 2. The molecular formula is C15H13N5O3. The van der Waals surface area contributed by atoms with Crippen molar-refractivity contribution in [3.05, 3.63) is 64.7 Å². The number of rotatable bonds is 5. The van der Waals surface area contributed by atoms with E-state index in [4.69, 9.17) is 4.52 Å². The molecule has 3 rings (SSSR count). The third kappa shape index (κ3) is 3.88. The fourth-order valence-electron chi connectivity index (χ4n) is 1.95. The first-order chi connectivity index (χ1) is 11.2. The second kappa shape index (κ2) is 6.65. The normalized spacial score (nSPS) is 10.4.